The van der Waals surface area contributed by atoms with Crippen LogP contribution in [-0.2, 0) is 9.47 Å². The van der Waals surface area contributed by atoms with E-state index in [1.807, 2.05) is 0 Å². The minimum Gasteiger partial charge on any atom is -0.381 e. The summed E-state index contributed by atoms with van der Waals surface area (Å²) in [5.74, 6) is 9.35. The second-order valence-electron chi connectivity index (χ2n) is 11.2. The molecule has 2 nitrogen and oxygen atoms in total. The molecule has 2 aliphatic heterocycles. The van der Waals surface area contributed by atoms with Gasteiger partial charge in [-0.1, -0.05) is 69.2 Å². The van der Waals surface area contributed by atoms with Gasteiger partial charge in [0.05, 0.1) is 0 Å². The number of rotatable bonds is 0. The van der Waals surface area contributed by atoms with E-state index in [1.54, 1.807) is 0 Å². The van der Waals surface area contributed by atoms with Crippen LogP contribution in [0.2, 0.25) is 0 Å². The molecule has 0 aromatic carbocycles. The van der Waals surface area contributed by atoms with E-state index in [-0.39, 0.29) is 40.4 Å². The summed E-state index contributed by atoms with van der Waals surface area (Å²) < 4.78 is 9.89. The molecule has 0 atom stereocenters. The van der Waals surface area contributed by atoms with Gasteiger partial charge in [0.2, 0.25) is 0 Å². The average Bonchev–Trinajstić information content (AvgIpc) is 3.56. The molecule has 3 heteroatoms. The van der Waals surface area contributed by atoms with Gasteiger partial charge in [0, 0.05) is 66.8 Å². The summed E-state index contributed by atoms with van der Waals surface area (Å²) in [7, 11) is 0. The van der Waals surface area contributed by atoms with Crippen molar-refractivity contribution in [3.63, 3.8) is 0 Å². The average molecular weight is 575 g/mol. The van der Waals surface area contributed by atoms with E-state index >= 15 is 0 Å². The first-order valence-electron chi connectivity index (χ1n) is 13.3. The summed E-state index contributed by atoms with van der Waals surface area (Å²) in [6.07, 6.45) is 5.11. The van der Waals surface area contributed by atoms with E-state index in [1.165, 1.54) is 25.7 Å². The van der Waals surface area contributed by atoms with Crippen LogP contribution in [0.15, 0.2) is 0 Å². The topological polar surface area (TPSA) is 18.5 Å². The van der Waals surface area contributed by atoms with Gasteiger partial charge in [-0.05, 0) is 84.9 Å². The molecule has 2 saturated heterocycles. The SMILES string of the molecule is C1CCOC1.C1CCOC1.CC1C(C)C(C)C(C)C1C.CC1C(C)C(C)C(C)C1C.[Sm]. The zero-order valence-electron chi connectivity index (χ0n) is 22.7. The summed E-state index contributed by atoms with van der Waals surface area (Å²) in [6.45, 7) is 28.0. The van der Waals surface area contributed by atoms with Gasteiger partial charge in [0.1, 0.15) is 0 Å². The summed E-state index contributed by atoms with van der Waals surface area (Å²) >= 11 is 0. The van der Waals surface area contributed by atoms with E-state index in [0.717, 1.165) is 85.6 Å². The molecule has 4 rings (SSSR count). The Balaban J connectivity index is 0.000000401. The van der Waals surface area contributed by atoms with E-state index in [4.69, 9.17) is 9.47 Å². The quantitative estimate of drug-likeness (QED) is 0.292. The fourth-order valence-electron chi connectivity index (χ4n) is 5.81. The molecule has 2 aliphatic carbocycles. The van der Waals surface area contributed by atoms with Crippen LogP contribution >= 0.6 is 0 Å². The molecule has 0 radical (unpaired) electrons. The van der Waals surface area contributed by atoms with Crippen LogP contribution in [0.25, 0.3) is 0 Å². The molecular weight excluding hydrogens is 519 g/mol. The predicted octanol–water partition coefficient (Wildman–Crippen LogP) is 7.95. The van der Waals surface area contributed by atoms with Gasteiger partial charge < -0.3 is 9.47 Å². The molecule has 2 heterocycles. The Morgan fingerprint density at radius 3 is 0.516 bits per heavy atom. The van der Waals surface area contributed by atoms with Crippen molar-refractivity contribution < 1.29 is 49.9 Å². The molecule has 31 heavy (non-hydrogen) atoms. The Morgan fingerprint density at radius 2 is 0.452 bits per heavy atom. The van der Waals surface area contributed by atoms with Gasteiger partial charge >= 0.3 is 0 Å². The van der Waals surface area contributed by atoms with Crippen molar-refractivity contribution in [2.24, 2.45) is 59.2 Å². The maximum atomic E-state index is 4.94. The fraction of sp³-hybridized carbons (Fsp3) is 1.00. The van der Waals surface area contributed by atoms with Crippen LogP contribution in [0.5, 0.6) is 0 Å². The van der Waals surface area contributed by atoms with Crippen molar-refractivity contribution in [3.05, 3.63) is 0 Å². The van der Waals surface area contributed by atoms with Gasteiger partial charge in [0.25, 0.3) is 0 Å². The monoisotopic (exact) mass is 576 g/mol. The Morgan fingerprint density at radius 1 is 0.323 bits per heavy atom. The van der Waals surface area contributed by atoms with E-state index in [9.17, 15) is 0 Å². The summed E-state index contributed by atoms with van der Waals surface area (Å²) in [6, 6.07) is 0. The van der Waals surface area contributed by atoms with Crippen molar-refractivity contribution in [2.45, 2.75) is 94.9 Å². The molecule has 0 bridgehead atoms. The molecule has 4 fully saturated rings. The first-order chi connectivity index (χ1) is 14.1. The van der Waals surface area contributed by atoms with Crippen molar-refractivity contribution in [2.75, 3.05) is 26.4 Å². The van der Waals surface area contributed by atoms with Gasteiger partial charge in [-0.25, -0.2) is 0 Å². The minimum absolute atomic E-state index is 0. The van der Waals surface area contributed by atoms with Crippen molar-refractivity contribution in [1.82, 2.24) is 0 Å². The molecule has 0 N–H and O–H groups in total. The van der Waals surface area contributed by atoms with Crippen molar-refractivity contribution >= 4 is 0 Å². The third-order valence-electron chi connectivity index (χ3n) is 9.95. The molecule has 4 aliphatic rings. The first-order valence-corrected chi connectivity index (χ1v) is 13.3. The summed E-state index contributed by atoms with van der Waals surface area (Å²) in [4.78, 5) is 0. The Labute approximate surface area is 228 Å². The molecule has 0 spiro atoms. The van der Waals surface area contributed by atoms with Gasteiger partial charge in [-0.3, -0.25) is 0 Å². The molecule has 0 amide bonds. The standard InChI is InChI=1S/2C10H20.2C4H8O.Sm/c2*1-6-7(2)9(4)10(5)8(6)3;2*1-2-4-5-3-1;/h2*6-10H,1-5H3;2*1-4H2;. The van der Waals surface area contributed by atoms with Gasteiger partial charge in [-0.15, -0.1) is 0 Å². The van der Waals surface area contributed by atoms with E-state index in [0.29, 0.717) is 0 Å². The third kappa shape index (κ3) is 10.2. The van der Waals surface area contributed by atoms with Crippen molar-refractivity contribution in [1.29, 1.82) is 0 Å². The number of ether oxygens (including phenoxy) is 2. The van der Waals surface area contributed by atoms with Crippen LogP contribution in [0.4, 0.5) is 0 Å². The van der Waals surface area contributed by atoms with Crippen LogP contribution in [0, 0.1) is 99.6 Å². The normalized spacial score (nSPS) is 43.5. The largest absolute Gasteiger partial charge is 0.381 e. The number of hydrogen-bond acceptors (Lipinski definition) is 2. The summed E-state index contributed by atoms with van der Waals surface area (Å²) in [5.41, 5.74) is 0. The predicted molar refractivity (Wildman–Crippen MR) is 132 cm³/mol. The molecule has 0 unspecified atom stereocenters. The van der Waals surface area contributed by atoms with Gasteiger partial charge in [0.15, 0.2) is 0 Å². The maximum Gasteiger partial charge on any atom is 0.0466 e. The second kappa shape index (κ2) is 16.8. The van der Waals surface area contributed by atoms with E-state index < -0.39 is 0 Å². The molecule has 186 valence electrons. The van der Waals surface area contributed by atoms with Crippen LogP contribution in [0.1, 0.15) is 94.9 Å². The fourth-order valence-corrected chi connectivity index (χ4v) is 5.81. The van der Waals surface area contributed by atoms with Gasteiger partial charge in [-0.2, -0.15) is 0 Å². The van der Waals surface area contributed by atoms with Crippen molar-refractivity contribution in [3.8, 4) is 0 Å². The van der Waals surface area contributed by atoms with Crippen LogP contribution in [0.3, 0.4) is 0 Å². The number of hydrogen-bond donors (Lipinski definition) is 0. The second-order valence-corrected chi connectivity index (χ2v) is 11.2. The third-order valence-corrected chi connectivity index (χ3v) is 9.95. The molecule has 2 saturated carbocycles. The van der Waals surface area contributed by atoms with Crippen LogP contribution in [-0.4, -0.2) is 26.4 Å². The zero-order chi connectivity index (χ0) is 22.8. The Kier molecular flexibility index (Phi) is 17.5. The smallest absolute Gasteiger partial charge is 0.0466 e. The molecular formula is C28H56O2Sm. The van der Waals surface area contributed by atoms with Crippen LogP contribution < -0.4 is 0 Å². The minimum atomic E-state index is 0. The Bertz CT molecular complexity index is 290. The van der Waals surface area contributed by atoms with E-state index in [2.05, 4.69) is 69.2 Å². The Hall–Kier alpha value is 1.26. The molecule has 0 aromatic heterocycles. The first kappa shape index (κ1) is 32.3. The summed E-state index contributed by atoms with van der Waals surface area (Å²) in [5, 5.41) is 0. The zero-order valence-corrected chi connectivity index (χ0v) is 25.3. The maximum absolute atomic E-state index is 4.94. The molecule has 0 aromatic rings.